The fourth-order valence-electron chi connectivity index (χ4n) is 1.28. The van der Waals surface area contributed by atoms with E-state index in [1.807, 2.05) is 0 Å². The van der Waals surface area contributed by atoms with Crippen molar-refractivity contribution in [1.82, 2.24) is 4.72 Å². The third kappa shape index (κ3) is 2.39. The minimum atomic E-state index is -3.78. The minimum absolute atomic E-state index is 0.0134. The maximum Gasteiger partial charge on any atom is 0.243 e. The number of sulfonamides is 1. The van der Waals surface area contributed by atoms with Crippen LogP contribution >= 0.6 is 0 Å². The van der Waals surface area contributed by atoms with Crippen LogP contribution in [-0.4, -0.2) is 26.0 Å². The van der Waals surface area contributed by atoms with E-state index in [0.29, 0.717) is 11.4 Å². The maximum absolute atomic E-state index is 12.0. The van der Waals surface area contributed by atoms with Gasteiger partial charge >= 0.3 is 0 Å². The lowest BCUT2D eigenvalue weighted by atomic mass is 10.3. The van der Waals surface area contributed by atoms with Crippen LogP contribution in [0.5, 0.6) is 0 Å². The van der Waals surface area contributed by atoms with Gasteiger partial charge in [-0.05, 0) is 12.1 Å². The number of nitrogens with two attached hydrogens (primary N) is 1. The zero-order chi connectivity index (χ0) is 13.2. The molecule has 0 atom stereocenters. The highest BCUT2D eigenvalue weighted by atomic mass is 32.2. The fourth-order valence-corrected chi connectivity index (χ4v) is 3.04. The number of hydrogen-bond donors (Lipinski definition) is 3. The molecular weight excluding hydrogens is 278 g/mol. The van der Waals surface area contributed by atoms with Crippen molar-refractivity contribution < 1.29 is 13.6 Å². The molecule has 0 saturated heterocycles. The lowest BCUT2D eigenvalue weighted by Crippen LogP contribution is -2.33. The molecule has 1 aliphatic rings. The molecule has 0 bridgehead atoms. The van der Waals surface area contributed by atoms with E-state index in [2.05, 4.69) is 18.6 Å². The molecule has 0 aromatic heterocycles. The molecule has 0 radical (unpaired) electrons. The normalized spacial score (nSPS) is 14.3. The van der Waals surface area contributed by atoms with Crippen LogP contribution < -0.4 is 10.5 Å². The van der Waals surface area contributed by atoms with Gasteiger partial charge in [0, 0.05) is 0 Å². The average molecular weight is 287 g/mol. The minimum Gasteiger partial charge on any atom is -0.409 e. The van der Waals surface area contributed by atoms with Crippen molar-refractivity contribution in [3.63, 3.8) is 0 Å². The van der Waals surface area contributed by atoms with E-state index >= 15 is 0 Å². The molecule has 0 unspecified atom stereocenters. The summed E-state index contributed by atoms with van der Waals surface area (Å²) in [5.74, 6) is -0.234. The number of oxime groups is 1. The van der Waals surface area contributed by atoms with Gasteiger partial charge in [0.05, 0.1) is 17.9 Å². The summed E-state index contributed by atoms with van der Waals surface area (Å²) in [6.45, 7) is -0.285. The second kappa shape index (κ2) is 4.84. The molecule has 1 aliphatic heterocycles. The van der Waals surface area contributed by atoms with E-state index in [1.54, 1.807) is 12.1 Å². The molecule has 4 N–H and O–H groups in total. The first-order chi connectivity index (χ1) is 8.54. The van der Waals surface area contributed by atoms with Gasteiger partial charge in [-0.15, -0.1) is 0 Å². The van der Waals surface area contributed by atoms with E-state index in [0.717, 1.165) is 11.4 Å². The van der Waals surface area contributed by atoms with Gasteiger partial charge in [0.25, 0.3) is 0 Å². The third-order valence-corrected chi connectivity index (χ3v) is 4.09. The summed E-state index contributed by atoms with van der Waals surface area (Å²) in [4.78, 5) is 0.0134. The SMILES string of the molecule is N/C(CNS(=O)(=O)c1cccc2c1N=S=N2)=N\O. The van der Waals surface area contributed by atoms with Gasteiger partial charge in [-0.1, -0.05) is 11.2 Å². The van der Waals surface area contributed by atoms with Crippen LogP contribution in [0.1, 0.15) is 0 Å². The second-order valence-electron chi connectivity index (χ2n) is 3.30. The van der Waals surface area contributed by atoms with E-state index in [4.69, 9.17) is 10.9 Å². The van der Waals surface area contributed by atoms with E-state index in [1.165, 1.54) is 6.07 Å². The predicted molar refractivity (Wildman–Crippen MR) is 66.6 cm³/mol. The Balaban J connectivity index is 2.32. The summed E-state index contributed by atoms with van der Waals surface area (Å²) < 4.78 is 34.1. The highest BCUT2D eigenvalue weighted by Gasteiger charge is 2.22. The molecule has 8 nitrogen and oxygen atoms in total. The van der Waals surface area contributed by atoms with Crippen LogP contribution in [0.15, 0.2) is 37.0 Å². The fraction of sp³-hybridized carbons (Fsp3) is 0.125. The summed E-state index contributed by atoms with van der Waals surface area (Å²) in [6, 6.07) is 4.65. The van der Waals surface area contributed by atoms with E-state index in [-0.39, 0.29) is 17.3 Å². The first-order valence-electron chi connectivity index (χ1n) is 4.72. The Bertz CT molecular complexity index is 676. The summed E-state index contributed by atoms with van der Waals surface area (Å²) in [6.07, 6.45) is 0. The number of hydrogen-bond acceptors (Lipinski definition) is 6. The molecule has 18 heavy (non-hydrogen) atoms. The van der Waals surface area contributed by atoms with E-state index in [9.17, 15) is 8.42 Å². The van der Waals surface area contributed by atoms with Crippen molar-refractivity contribution in [3.8, 4) is 0 Å². The van der Waals surface area contributed by atoms with Crippen LogP contribution in [0.3, 0.4) is 0 Å². The Morgan fingerprint density at radius 1 is 1.50 bits per heavy atom. The highest BCUT2D eigenvalue weighted by molar-refractivity contribution is 7.89. The Hall–Kier alpha value is -1.78. The van der Waals surface area contributed by atoms with Crippen LogP contribution in [0.25, 0.3) is 0 Å². The number of rotatable bonds is 4. The molecule has 0 saturated carbocycles. The van der Waals surface area contributed by atoms with Gasteiger partial charge < -0.3 is 10.9 Å². The third-order valence-electron chi connectivity index (χ3n) is 2.11. The molecule has 2 rings (SSSR count). The molecular formula is C8H9N5O3S2. The molecule has 1 heterocycles. The Labute approximate surface area is 106 Å². The van der Waals surface area contributed by atoms with Crippen LogP contribution in [0.2, 0.25) is 0 Å². The van der Waals surface area contributed by atoms with Crippen LogP contribution in [-0.2, 0) is 21.4 Å². The number of nitrogens with one attached hydrogen (secondary N) is 1. The Kier molecular flexibility index (Phi) is 3.41. The molecule has 1 aromatic rings. The molecule has 10 heteroatoms. The van der Waals surface area contributed by atoms with Crippen molar-refractivity contribution in [2.75, 3.05) is 6.54 Å². The van der Waals surface area contributed by atoms with Gasteiger partial charge in [-0.2, -0.15) is 8.73 Å². The van der Waals surface area contributed by atoms with Crippen molar-refractivity contribution >= 4 is 38.6 Å². The van der Waals surface area contributed by atoms with Gasteiger partial charge in [0.2, 0.25) is 10.0 Å². The quantitative estimate of drug-likeness (QED) is 0.326. The monoisotopic (exact) mass is 287 g/mol. The van der Waals surface area contributed by atoms with Gasteiger partial charge in [0.15, 0.2) is 5.84 Å². The predicted octanol–water partition coefficient (Wildman–Crippen LogP) is 0.438. The summed E-state index contributed by atoms with van der Waals surface area (Å²) in [7, 11) is -3.78. The van der Waals surface area contributed by atoms with Crippen LogP contribution in [0.4, 0.5) is 11.4 Å². The molecule has 0 spiro atoms. The van der Waals surface area contributed by atoms with Gasteiger partial charge in [0.1, 0.15) is 16.3 Å². The van der Waals surface area contributed by atoms with E-state index < -0.39 is 10.0 Å². The summed E-state index contributed by atoms with van der Waals surface area (Å²) in [5, 5.41) is 11.0. The van der Waals surface area contributed by atoms with Crippen molar-refractivity contribution in [1.29, 1.82) is 0 Å². The number of amidine groups is 1. The van der Waals surface area contributed by atoms with Crippen molar-refractivity contribution in [3.05, 3.63) is 18.2 Å². The molecule has 0 aliphatic carbocycles. The summed E-state index contributed by atoms with van der Waals surface area (Å²) >= 11 is 0.931. The van der Waals surface area contributed by atoms with Crippen LogP contribution in [0, 0.1) is 0 Å². The largest absolute Gasteiger partial charge is 0.409 e. The first kappa shape index (κ1) is 12.7. The lowest BCUT2D eigenvalue weighted by Gasteiger charge is -2.07. The molecule has 1 aromatic carbocycles. The first-order valence-corrected chi connectivity index (χ1v) is 6.93. The zero-order valence-electron chi connectivity index (χ0n) is 8.94. The number of benzene rings is 1. The topological polar surface area (TPSA) is 130 Å². The standard InChI is InChI=1S/C8H9N5O3S2/c9-7(11-14)4-10-18(15,16)6-3-1-2-5-8(6)13-17-12-5/h1-3,10,14H,4H2,(H2,9,11). The van der Waals surface area contributed by atoms with Crippen molar-refractivity contribution in [2.24, 2.45) is 19.6 Å². The average Bonchev–Trinajstić information content (AvgIpc) is 2.83. The Morgan fingerprint density at radius 3 is 3.00 bits per heavy atom. The number of nitrogens with zero attached hydrogens (tertiary/aromatic N) is 3. The smallest absolute Gasteiger partial charge is 0.243 e. The van der Waals surface area contributed by atoms with Gasteiger partial charge in [-0.3, -0.25) is 0 Å². The lowest BCUT2D eigenvalue weighted by molar-refractivity contribution is 0.317. The molecule has 0 fully saturated rings. The second-order valence-corrected chi connectivity index (χ2v) is 5.57. The maximum atomic E-state index is 12.0. The molecule has 96 valence electrons. The Morgan fingerprint density at radius 2 is 2.28 bits per heavy atom. The zero-order valence-corrected chi connectivity index (χ0v) is 10.6. The molecule has 0 amide bonds. The number of fused-ring (bicyclic) bond motifs is 1. The summed E-state index contributed by atoms with van der Waals surface area (Å²) in [5.41, 5.74) is 6.00. The highest BCUT2D eigenvalue weighted by Crippen LogP contribution is 2.36. The van der Waals surface area contributed by atoms with Crippen molar-refractivity contribution in [2.45, 2.75) is 4.90 Å². The van der Waals surface area contributed by atoms with Gasteiger partial charge in [-0.25, -0.2) is 13.1 Å².